The Kier molecular flexibility index (Phi) is 4.36. The van der Waals surface area contributed by atoms with Gasteiger partial charge >= 0.3 is 0 Å². The summed E-state index contributed by atoms with van der Waals surface area (Å²) in [6.07, 6.45) is 7.15. The number of nitrogens with zero attached hydrogens (tertiary/aromatic N) is 2. The van der Waals surface area contributed by atoms with Crippen LogP contribution in [0.25, 0.3) is 0 Å². The van der Waals surface area contributed by atoms with Gasteiger partial charge in [0, 0.05) is 39.4 Å². The van der Waals surface area contributed by atoms with E-state index in [1.54, 1.807) is 0 Å². The molecule has 1 aromatic rings. The van der Waals surface area contributed by atoms with Crippen LogP contribution in [0.1, 0.15) is 25.0 Å². The lowest BCUT2D eigenvalue weighted by Crippen LogP contribution is -2.32. The van der Waals surface area contributed by atoms with Crippen LogP contribution in [0.15, 0.2) is 12.3 Å². The Morgan fingerprint density at radius 1 is 1.56 bits per heavy atom. The van der Waals surface area contributed by atoms with Crippen molar-refractivity contribution in [2.75, 3.05) is 19.7 Å². The summed E-state index contributed by atoms with van der Waals surface area (Å²) in [6.45, 7) is 2.90. The van der Waals surface area contributed by atoms with Crippen molar-refractivity contribution in [1.29, 1.82) is 0 Å². The molecule has 1 N–H and O–H groups in total. The van der Waals surface area contributed by atoms with Crippen molar-refractivity contribution < 1.29 is 4.74 Å². The van der Waals surface area contributed by atoms with E-state index in [-0.39, 0.29) is 0 Å². The molecule has 1 aliphatic rings. The highest BCUT2D eigenvalue weighted by Crippen LogP contribution is 2.11. The van der Waals surface area contributed by atoms with E-state index in [1.165, 1.54) is 19.3 Å². The van der Waals surface area contributed by atoms with Crippen molar-refractivity contribution in [1.82, 2.24) is 15.1 Å². The summed E-state index contributed by atoms with van der Waals surface area (Å²) >= 11 is 0. The van der Waals surface area contributed by atoms with E-state index >= 15 is 0 Å². The van der Waals surface area contributed by atoms with Gasteiger partial charge in [-0.25, -0.2) is 0 Å². The molecule has 0 bridgehead atoms. The largest absolute Gasteiger partial charge is 0.377 e. The highest BCUT2D eigenvalue weighted by molar-refractivity contribution is 4.98. The van der Waals surface area contributed by atoms with Crippen molar-refractivity contribution in [3.8, 4) is 0 Å². The van der Waals surface area contributed by atoms with Gasteiger partial charge in [-0.05, 0) is 25.3 Å². The molecule has 1 aliphatic heterocycles. The lowest BCUT2D eigenvalue weighted by Gasteiger charge is -2.22. The van der Waals surface area contributed by atoms with Gasteiger partial charge in [0.05, 0.1) is 11.8 Å². The van der Waals surface area contributed by atoms with Crippen molar-refractivity contribution >= 4 is 0 Å². The zero-order chi connectivity index (χ0) is 11.2. The lowest BCUT2D eigenvalue weighted by atomic mass is 10.1. The summed E-state index contributed by atoms with van der Waals surface area (Å²) in [5, 5.41) is 7.78. The smallest absolute Gasteiger partial charge is 0.0699 e. The van der Waals surface area contributed by atoms with E-state index in [2.05, 4.69) is 16.5 Å². The van der Waals surface area contributed by atoms with Crippen LogP contribution in [0, 0.1) is 0 Å². The molecular formula is C12H21N3O. The fraction of sp³-hybridized carbons (Fsp3) is 0.750. The number of aromatic nitrogens is 2. The van der Waals surface area contributed by atoms with E-state index < -0.39 is 0 Å². The Morgan fingerprint density at radius 2 is 2.50 bits per heavy atom. The quantitative estimate of drug-likeness (QED) is 0.760. The molecule has 0 saturated carbocycles. The molecule has 0 radical (unpaired) electrons. The van der Waals surface area contributed by atoms with Gasteiger partial charge in [-0.3, -0.25) is 4.68 Å². The maximum atomic E-state index is 5.65. The molecule has 90 valence electrons. The Bertz CT molecular complexity index is 305. The summed E-state index contributed by atoms with van der Waals surface area (Å²) in [5.74, 6) is 0. The minimum absolute atomic E-state index is 0.428. The normalized spacial score (nSPS) is 21.2. The van der Waals surface area contributed by atoms with Crippen molar-refractivity contribution in [2.45, 2.75) is 31.8 Å². The van der Waals surface area contributed by atoms with Crippen LogP contribution >= 0.6 is 0 Å². The van der Waals surface area contributed by atoms with Crippen LogP contribution in [0.3, 0.4) is 0 Å². The second kappa shape index (κ2) is 6.01. The van der Waals surface area contributed by atoms with Crippen LogP contribution in [0.5, 0.6) is 0 Å². The molecule has 0 amide bonds. The van der Waals surface area contributed by atoms with E-state index in [4.69, 9.17) is 4.74 Å². The summed E-state index contributed by atoms with van der Waals surface area (Å²) in [5.41, 5.74) is 1.15. The molecule has 0 aliphatic carbocycles. The van der Waals surface area contributed by atoms with Crippen molar-refractivity contribution in [2.24, 2.45) is 7.05 Å². The third-order valence-electron chi connectivity index (χ3n) is 2.97. The predicted molar refractivity (Wildman–Crippen MR) is 63.4 cm³/mol. The number of aryl methyl sites for hydroxylation is 1. The van der Waals surface area contributed by atoms with Crippen LogP contribution in [-0.4, -0.2) is 35.6 Å². The summed E-state index contributed by atoms with van der Waals surface area (Å²) < 4.78 is 7.50. The fourth-order valence-corrected chi connectivity index (χ4v) is 2.04. The molecule has 1 unspecified atom stereocenters. The molecule has 0 aromatic carbocycles. The third-order valence-corrected chi connectivity index (χ3v) is 2.97. The Hall–Kier alpha value is -0.870. The van der Waals surface area contributed by atoms with Crippen molar-refractivity contribution in [3.63, 3.8) is 0 Å². The maximum absolute atomic E-state index is 5.65. The van der Waals surface area contributed by atoms with E-state index in [1.807, 2.05) is 17.9 Å². The Morgan fingerprint density at radius 3 is 3.19 bits per heavy atom. The Balaban J connectivity index is 1.57. The molecular weight excluding hydrogens is 202 g/mol. The summed E-state index contributed by atoms with van der Waals surface area (Å²) in [6, 6.07) is 2.07. The predicted octanol–water partition coefficient (Wildman–Crippen LogP) is 1.12. The van der Waals surface area contributed by atoms with Gasteiger partial charge in [0.1, 0.15) is 0 Å². The first kappa shape index (κ1) is 11.6. The number of nitrogens with one attached hydrogen (secondary N) is 1. The van der Waals surface area contributed by atoms with Gasteiger partial charge in [0.2, 0.25) is 0 Å². The topological polar surface area (TPSA) is 39.1 Å². The molecule has 1 atom stereocenters. The zero-order valence-corrected chi connectivity index (χ0v) is 9.98. The molecule has 2 heterocycles. The highest BCUT2D eigenvalue weighted by atomic mass is 16.5. The van der Waals surface area contributed by atoms with E-state index in [0.717, 1.165) is 31.8 Å². The highest BCUT2D eigenvalue weighted by Gasteiger charge is 2.12. The number of ether oxygens (including phenoxy) is 1. The molecule has 4 heteroatoms. The monoisotopic (exact) mass is 223 g/mol. The second-order valence-electron chi connectivity index (χ2n) is 4.42. The SMILES string of the molecule is Cn1ccc(CCNCC2CCCCO2)n1. The van der Waals surface area contributed by atoms with E-state index in [9.17, 15) is 0 Å². The molecule has 1 saturated heterocycles. The maximum Gasteiger partial charge on any atom is 0.0699 e. The van der Waals surface area contributed by atoms with Gasteiger partial charge in [-0.2, -0.15) is 5.10 Å². The van der Waals surface area contributed by atoms with Gasteiger partial charge in [-0.1, -0.05) is 0 Å². The molecule has 4 nitrogen and oxygen atoms in total. The van der Waals surface area contributed by atoms with Crippen LogP contribution in [0.4, 0.5) is 0 Å². The van der Waals surface area contributed by atoms with Gasteiger partial charge in [0.25, 0.3) is 0 Å². The minimum Gasteiger partial charge on any atom is -0.377 e. The minimum atomic E-state index is 0.428. The van der Waals surface area contributed by atoms with Crippen LogP contribution in [-0.2, 0) is 18.2 Å². The van der Waals surface area contributed by atoms with Gasteiger partial charge < -0.3 is 10.1 Å². The van der Waals surface area contributed by atoms with Gasteiger partial charge in [0.15, 0.2) is 0 Å². The molecule has 2 rings (SSSR count). The number of rotatable bonds is 5. The zero-order valence-electron chi connectivity index (χ0n) is 9.98. The second-order valence-corrected chi connectivity index (χ2v) is 4.42. The third kappa shape index (κ3) is 3.61. The lowest BCUT2D eigenvalue weighted by molar-refractivity contribution is 0.0171. The standard InChI is InChI=1S/C12H21N3O/c1-15-8-6-11(14-15)5-7-13-10-12-4-2-3-9-16-12/h6,8,12-13H,2-5,7,9-10H2,1H3. The van der Waals surface area contributed by atoms with Crippen LogP contribution < -0.4 is 5.32 Å². The molecule has 1 fully saturated rings. The first-order chi connectivity index (χ1) is 7.84. The van der Waals surface area contributed by atoms with E-state index in [0.29, 0.717) is 6.10 Å². The van der Waals surface area contributed by atoms with Gasteiger partial charge in [-0.15, -0.1) is 0 Å². The first-order valence-corrected chi connectivity index (χ1v) is 6.15. The summed E-state index contributed by atoms with van der Waals surface area (Å²) in [7, 11) is 1.95. The Labute approximate surface area is 97.0 Å². The number of hydrogen-bond acceptors (Lipinski definition) is 3. The molecule has 1 aromatic heterocycles. The average molecular weight is 223 g/mol. The average Bonchev–Trinajstić information content (AvgIpc) is 2.72. The fourth-order valence-electron chi connectivity index (χ4n) is 2.04. The molecule has 0 spiro atoms. The number of hydrogen-bond donors (Lipinski definition) is 1. The summed E-state index contributed by atoms with van der Waals surface area (Å²) in [4.78, 5) is 0. The molecule has 16 heavy (non-hydrogen) atoms. The first-order valence-electron chi connectivity index (χ1n) is 6.15. The van der Waals surface area contributed by atoms with Crippen molar-refractivity contribution in [3.05, 3.63) is 18.0 Å². The van der Waals surface area contributed by atoms with Crippen LogP contribution in [0.2, 0.25) is 0 Å².